The van der Waals surface area contributed by atoms with Gasteiger partial charge in [-0.05, 0) is 30.3 Å². The summed E-state index contributed by atoms with van der Waals surface area (Å²) in [6, 6.07) is 5.92. The van der Waals surface area contributed by atoms with E-state index in [2.05, 4.69) is 15.1 Å². The van der Waals surface area contributed by atoms with E-state index in [0.29, 0.717) is 17.5 Å². The molecule has 1 aromatic carbocycles. The molecule has 3 heterocycles. The van der Waals surface area contributed by atoms with Gasteiger partial charge in [0.2, 0.25) is 15.8 Å². The molecule has 1 aliphatic rings. The van der Waals surface area contributed by atoms with Gasteiger partial charge in [-0.1, -0.05) is 5.16 Å². The van der Waals surface area contributed by atoms with Crippen molar-refractivity contribution in [3.8, 4) is 11.4 Å². The maximum Gasteiger partial charge on any atom is 0.257 e. The molecule has 11 heteroatoms. The molecule has 0 saturated carbocycles. The van der Waals surface area contributed by atoms with E-state index in [1.807, 2.05) is 0 Å². The third kappa shape index (κ3) is 3.51. The number of ether oxygens (including phenoxy) is 1. The van der Waals surface area contributed by atoms with Crippen molar-refractivity contribution < 1.29 is 26.5 Å². The number of sulfonamides is 1. The number of morpholine rings is 1. The Kier molecular flexibility index (Phi) is 4.87. The van der Waals surface area contributed by atoms with Gasteiger partial charge < -0.3 is 9.26 Å². The topological polar surface area (TPSA) is 98.4 Å². The molecule has 2 aromatic heterocycles. The van der Waals surface area contributed by atoms with Gasteiger partial charge in [-0.3, -0.25) is 4.98 Å². The first-order chi connectivity index (χ1) is 13.4. The molecule has 0 spiro atoms. The summed E-state index contributed by atoms with van der Waals surface area (Å²) < 4.78 is 64.0. The third-order valence-electron chi connectivity index (χ3n) is 4.19. The van der Waals surface area contributed by atoms with E-state index < -0.39 is 27.8 Å². The summed E-state index contributed by atoms with van der Waals surface area (Å²) in [7, 11) is -4.04. The maximum absolute atomic E-state index is 13.5. The molecule has 0 unspecified atom stereocenters. The number of aromatic nitrogens is 3. The van der Waals surface area contributed by atoms with Crippen LogP contribution in [-0.4, -0.2) is 47.5 Å². The summed E-state index contributed by atoms with van der Waals surface area (Å²) in [6.07, 6.45) is 2.39. The molecule has 0 bridgehead atoms. The molecule has 0 aliphatic carbocycles. The Hall–Kier alpha value is -2.76. The Morgan fingerprint density at radius 2 is 2.04 bits per heavy atom. The SMILES string of the molecule is O=S(=O)(c1ccc(F)c(F)c1)N1CCO[C@@H](c2nc(-c3cccnc3)no2)C1. The van der Waals surface area contributed by atoms with Gasteiger partial charge in [0.25, 0.3) is 5.89 Å². The quantitative estimate of drug-likeness (QED) is 0.652. The summed E-state index contributed by atoms with van der Waals surface area (Å²) >= 11 is 0. The lowest BCUT2D eigenvalue weighted by molar-refractivity contribution is -0.0199. The Morgan fingerprint density at radius 3 is 2.79 bits per heavy atom. The molecule has 8 nitrogen and oxygen atoms in total. The third-order valence-corrected chi connectivity index (χ3v) is 6.06. The van der Waals surface area contributed by atoms with Crippen LogP contribution in [0, 0.1) is 11.6 Å². The number of nitrogens with zero attached hydrogens (tertiary/aromatic N) is 4. The number of hydrogen-bond donors (Lipinski definition) is 0. The lowest BCUT2D eigenvalue weighted by Gasteiger charge is -2.30. The summed E-state index contributed by atoms with van der Waals surface area (Å²) in [5.74, 6) is -1.94. The van der Waals surface area contributed by atoms with Crippen LogP contribution in [0.5, 0.6) is 0 Å². The number of rotatable bonds is 4. The zero-order chi connectivity index (χ0) is 19.7. The molecule has 3 aromatic rings. The Bertz CT molecular complexity index is 1090. The van der Waals surface area contributed by atoms with Gasteiger partial charge in [-0.2, -0.15) is 9.29 Å². The van der Waals surface area contributed by atoms with Crippen molar-refractivity contribution in [3.63, 3.8) is 0 Å². The summed E-state index contributed by atoms with van der Waals surface area (Å²) in [6.45, 7) is 0.0373. The predicted octanol–water partition coefficient (Wildman–Crippen LogP) is 2.17. The Balaban J connectivity index is 1.56. The highest BCUT2D eigenvalue weighted by atomic mass is 32.2. The molecule has 4 rings (SSSR count). The number of pyridine rings is 1. The van der Waals surface area contributed by atoms with Crippen molar-refractivity contribution in [2.45, 2.75) is 11.0 Å². The van der Waals surface area contributed by atoms with Gasteiger partial charge in [0.15, 0.2) is 17.7 Å². The van der Waals surface area contributed by atoms with Crippen LogP contribution in [0.3, 0.4) is 0 Å². The van der Waals surface area contributed by atoms with Crippen molar-refractivity contribution >= 4 is 10.0 Å². The van der Waals surface area contributed by atoms with E-state index in [9.17, 15) is 17.2 Å². The van der Waals surface area contributed by atoms with E-state index in [1.54, 1.807) is 24.5 Å². The smallest absolute Gasteiger partial charge is 0.257 e. The normalized spacial score (nSPS) is 18.3. The van der Waals surface area contributed by atoms with Gasteiger partial charge in [0, 0.05) is 31.0 Å². The van der Waals surface area contributed by atoms with Gasteiger partial charge >= 0.3 is 0 Å². The van der Waals surface area contributed by atoms with Gasteiger partial charge in [-0.25, -0.2) is 17.2 Å². The highest BCUT2D eigenvalue weighted by Gasteiger charge is 2.34. The molecule has 1 saturated heterocycles. The van der Waals surface area contributed by atoms with Crippen molar-refractivity contribution in [1.29, 1.82) is 0 Å². The molecule has 0 N–H and O–H groups in total. The zero-order valence-corrected chi connectivity index (χ0v) is 15.1. The summed E-state index contributed by atoms with van der Waals surface area (Å²) in [5.41, 5.74) is 0.638. The molecule has 146 valence electrons. The second-order valence-corrected chi connectivity index (χ2v) is 7.93. The molecule has 1 aliphatic heterocycles. The van der Waals surface area contributed by atoms with Crippen LogP contribution < -0.4 is 0 Å². The molecule has 0 amide bonds. The minimum atomic E-state index is -4.04. The molecule has 28 heavy (non-hydrogen) atoms. The number of halogens is 2. The van der Waals surface area contributed by atoms with Gasteiger partial charge in [0.05, 0.1) is 11.5 Å². The monoisotopic (exact) mass is 408 g/mol. The van der Waals surface area contributed by atoms with Crippen LogP contribution >= 0.6 is 0 Å². The van der Waals surface area contributed by atoms with Crippen molar-refractivity contribution in [2.75, 3.05) is 19.7 Å². The molecule has 0 radical (unpaired) electrons. The predicted molar refractivity (Wildman–Crippen MR) is 91.3 cm³/mol. The largest absolute Gasteiger partial charge is 0.366 e. The fraction of sp³-hybridized carbons (Fsp3) is 0.235. The minimum Gasteiger partial charge on any atom is -0.366 e. The second-order valence-electron chi connectivity index (χ2n) is 6.00. The molecule has 1 fully saturated rings. The van der Waals surface area contributed by atoms with Crippen LogP contribution in [0.4, 0.5) is 8.78 Å². The standard InChI is InChI=1S/C17H14F2N4O4S/c18-13-4-3-12(8-14(13)19)28(24,25)23-6-7-26-15(10-23)17-21-16(22-27-17)11-2-1-5-20-9-11/h1-5,8-9,15H,6-7,10H2/t15-/m1/s1. The average Bonchev–Trinajstić information content (AvgIpc) is 3.21. The Morgan fingerprint density at radius 1 is 1.18 bits per heavy atom. The number of hydrogen-bond acceptors (Lipinski definition) is 7. The van der Waals surface area contributed by atoms with Crippen LogP contribution in [0.25, 0.3) is 11.4 Å². The van der Waals surface area contributed by atoms with Crippen LogP contribution in [0.15, 0.2) is 52.1 Å². The van der Waals surface area contributed by atoms with E-state index in [1.165, 1.54) is 0 Å². The van der Waals surface area contributed by atoms with E-state index >= 15 is 0 Å². The lowest BCUT2D eigenvalue weighted by atomic mass is 10.2. The fourth-order valence-corrected chi connectivity index (χ4v) is 4.20. The first kappa shape index (κ1) is 18.6. The molecular formula is C17H14F2N4O4S. The highest BCUT2D eigenvalue weighted by Crippen LogP contribution is 2.27. The lowest BCUT2D eigenvalue weighted by Crippen LogP contribution is -2.42. The van der Waals surface area contributed by atoms with Gasteiger partial charge in [-0.15, -0.1) is 0 Å². The van der Waals surface area contributed by atoms with Crippen LogP contribution in [-0.2, 0) is 14.8 Å². The first-order valence-electron chi connectivity index (χ1n) is 8.26. The molecular weight excluding hydrogens is 394 g/mol. The zero-order valence-electron chi connectivity index (χ0n) is 14.3. The van der Waals surface area contributed by atoms with E-state index in [0.717, 1.165) is 16.4 Å². The fourth-order valence-electron chi connectivity index (χ4n) is 2.76. The molecule has 1 atom stereocenters. The summed E-state index contributed by atoms with van der Waals surface area (Å²) in [4.78, 5) is 7.88. The average molecular weight is 408 g/mol. The first-order valence-corrected chi connectivity index (χ1v) is 9.70. The number of benzene rings is 1. The van der Waals surface area contributed by atoms with Gasteiger partial charge in [0.1, 0.15) is 0 Å². The second kappa shape index (κ2) is 7.34. The van der Waals surface area contributed by atoms with E-state index in [-0.39, 0.29) is 30.5 Å². The van der Waals surface area contributed by atoms with Crippen molar-refractivity contribution in [2.24, 2.45) is 0 Å². The summed E-state index contributed by atoms with van der Waals surface area (Å²) in [5, 5.41) is 3.86. The van der Waals surface area contributed by atoms with E-state index in [4.69, 9.17) is 9.26 Å². The highest BCUT2D eigenvalue weighted by molar-refractivity contribution is 7.89. The van der Waals surface area contributed by atoms with Crippen molar-refractivity contribution in [3.05, 3.63) is 60.3 Å². The minimum absolute atomic E-state index is 0.0570. The van der Waals surface area contributed by atoms with Crippen LogP contribution in [0.2, 0.25) is 0 Å². The van der Waals surface area contributed by atoms with Crippen molar-refractivity contribution in [1.82, 2.24) is 19.4 Å². The Labute approximate surface area is 158 Å². The van der Waals surface area contributed by atoms with Crippen LogP contribution in [0.1, 0.15) is 12.0 Å². The maximum atomic E-state index is 13.5.